The molecule has 1 aliphatic heterocycles. The third-order valence-corrected chi connectivity index (χ3v) is 2.76. The molecule has 0 amide bonds. The van der Waals surface area contributed by atoms with Gasteiger partial charge < -0.3 is 9.47 Å². The van der Waals surface area contributed by atoms with E-state index in [-0.39, 0.29) is 25.4 Å². The highest BCUT2D eigenvalue weighted by molar-refractivity contribution is 5.36. The van der Waals surface area contributed by atoms with Crippen LogP contribution < -0.4 is 0 Å². The van der Waals surface area contributed by atoms with Crippen LogP contribution in [0, 0.1) is 20.2 Å². The number of nitro groups is 2. The van der Waals surface area contributed by atoms with Crippen LogP contribution in [0.5, 0.6) is 0 Å². The number of fused-ring (bicyclic) bond motifs is 1. The Hall–Kier alpha value is -2.22. The number of hydrogen-bond donors (Lipinski definition) is 0. The van der Waals surface area contributed by atoms with E-state index >= 15 is 0 Å². The van der Waals surface area contributed by atoms with Gasteiger partial charge in [-0.05, 0) is 6.42 Å². The molecule has 0 saturated carbocycles. The Morgan fingerprint density at radius 1 is 1.33 bits per heavy atom. The van der Waals surface area contributed by atoms with Crippen LogP contribution in [0.25, 0.3) is 0 Å². The second kappa shape index (κ2) is 4.57. The minimum Gasteiger partial charge on any atom is -0.462 e. The lowest BCUT2D eigenvalue weighted by atomic mass is 9.94. The van der Waals surface area contributed by atoms with Gasteiger partial charge in [0.1, 0.15) is 6.10 Å². The van der Waals surface area contributed by atoms with Crippen LogP contribution in [0.3, 0.4) is 0 Å². The monoisotopic (exact) mass is 254 g/mol. The largest absolute Gasteiger partial charge is 0.462 e. The van der Waals surface area contributed by atoms with E-state index < -0.39 is 27.3 Å². The van der Waals surface area contributed by atoms with Gasteiger partial charge >= 0.3 is 11.4 Å². The fourth-order valence-corrected chi connectivity index (χ4v) is 2.07. The zero-order valence-electron chi connectivity index (χ0n) is 9.33. The van der Waals surface area contributed by atoms with E-state index in [2.05, 4.69) is 6.58 Å². The zero-order chi connectivity index (χ0) is 13.3. The molecule has 2 aliphatic rings. The first-order valence-corrected chi connectivity index (χ1v) is 5.17. The molecule has 1 atom stereocenters. The van der Waals surface area contributed by atoms with Crippen molar-refractivity contribution < 1.29 is 19.3 Å². The van der Waals surface area contributed by atoms with E-state index in [1.165, 1.54) is 6.08 Å². The van der Waals surface area contributed by atoms with Crippen molar-refractivity contribution in [3.8, 4) is 0 Å². The van der Waals surface area contributed by atoms with Crippen LogP contribution in [0.4, 0.5) is 0 Å². The molecule has 2 rings (SSSR count). The second-order valence-electron chi connectivity index (χ2n) is 3.79. The highest BCUT2D eigenvalue weighted by Gasteiger charge is 2.47. The van der Waals surface area contributed by atoms with Gasteiger partial charge in [0.05, 0.1) is 9.85 Å². The molecule has 0 aromatic rings. The number of nitrogens with zero attached hydrogens (tertiary/aromatic N) is 2. The van der Waals surface area contributed by atoms with E-state index in [1.54, 1.807) is 0 Å². The highest BCUT2D eigenvalue weighted by atomic mass is 16.7. The van der Waals surface area contributed by atoms with Crippen LogP contribution in [0.15, 0.2) is 35.4 Å². The predicted octanol–water partition coefficient (Wildman–Crippen LogP) is 1.36. The van der Waals surface area contributed by atoms with Crippen molar-refractivity contribution in [3.05, 3.63) is 55.6 Å². The maximum Gasteiger partial charge on any atom is 0.385 e. The summed E-state index contributed by atoms with van der Waals surface area (Å²) >= 11 is 0. The highest BCUT2D eigenvalue weighted by Crippen LogP contribution is 2.37. The van der Waals surface area contributed by atoms with E-state index in [1.807, 2.05) is 0 Å². The molecule has 1 unspecified atom stereocenters. The Labute approximate surface area is 101 Å². The summed E-state index contributed by atoms with van der Waals surface area (Å²) in [5.74, 6) is -0.0560. The molecule has 0 radical (unpaired) electrons. The van der Waals surface area contributed by atoms with Crippen molar-refractivity contribution in [2.24, 2.45) is 0 Å². The minimum atomic E-state index is -0.794. The van der Waals surface area contributed by atoms with Gasteiger partial charge in [-0.2, -0.15) is 0 Å². The average Bonchev–Trinajstić information content (AvgIpc) is 2.74. The summed E-state index contributed by atoms with van der Waals surface area (Å²) in [6.07, 6.45) is 1.29. The molecular formula is C10H10N2O6. The summed E-state index contributed by atoms with van der Waals surface area (Å²) in [7, 11) is 0. The van der Waals surface area contributed by atoms with Crippen molar-refractivity contribution in [1.82, 2.24) is 0 Å². The Balaban J connectivity index is 2.59. The summed E-state index contributed by atoms with van der Waals surface area (Å²) in [6, 6.07) is 0. The fraction of sp³-hybridized carbons (Fsp3) is 0.400. The summed E-state index contributed by atoms with van der Waals surface area (Å²) in [5, 5.41) is 22.0. The van der Waals surface area contributed by atoms with Gasteiger partial charge in [-0.3, -0.25) is 20.2 Å². The number of hydrogen-bond acceptors (Lipinski definition) is 6. The van der Waals surface area contributed by atoms with Gasteiger partial charge in [0.2, 0.25) is 5.76 Å². The lowest BCUT2D eigenvalue weighted by Gasteiger charge is -2.16. The van der Waals surface area contributed by atoms with Gasteiger partial charge in [0, 0.05) is 12.0 Å². The van der Waals surface area contributed by atoms with Gasteiger partial charge in [0.15, 0.2) is 6.79 Å². The fourth-order valence-electron chi connectivity index (χ4n) is 2.07. The van der Waals surface area contributed by atoms with E-state index in [4.69, 9.17) is 9.47 Å². The number of ether oxygens (including phenoxy) is 2. The molecule has 0 aromatic carbocycles. The van der Waals surface area contributed by atoms with Gasteiger partial charge in [-0.25, -0.2) is 0 Å². The van der Waals surface area contributed by atoms with Gasteiger partial charge in [-0.1, -0.05) is 6.08 Å². The molecule has 0 bridgehead atoms. The minimum absolute atomic E-state index is 0.0560. The van der Waals surface area contributed by atoms with Crippen molar-refractivity contribution in [2.75, 3.05) is 6.79 Å². The number of allylic oxidation sites excluding steroid dienone is 1. The molecule has 8 nitrogen and oxygen atoms in total. The predicted molar refractivity (Wildman–Crippen MR) is 58.3 cm³/mol. The first-order chi connectivity index (χ1) is 8.56. The summed E-state index contributed by atoms with van der Waals surface area (Å²) in [5.41, 5.74) is -0.775. The molecule has 18 heavy (non-hydrogen) atoms. The van der Waals surface area contributed by atoms with Crippen LogP contribution in [0.1, 0.15) is 12.8 Å². The molecule has 1 aliphatic carbocycles. The Kier molecular flexibility index (Phi) is 3.11. The summed E-state index contributed by atoms with van der Waals surface area (Å²) < 4.78 is 10.2. The van der Waals surface area contributed by atoms with Gasteiger partial charge in [0.25, 0.3) is 0 Å². The standard InChI is InChI=1S/C10H10N2O6/c1-2-3-6-4-7-10(18-5-17-7)9(12(15)16)8(6)11(13)14/h2,7H,1,3-5H2. The molecule has 0 aromatic heterocycles. The average molecular weight is 254 g/mol. The molecule has 0 N–H and O–H groups in total. The maximum atomic E-state index is 11.0. The Morgan fingerprint density at radius 2 is 2.00 bits per heavy atom. The first kappa shape index (κ1) is 12.2. The molecule has 1 saturated heterocycles. The van der Waals surface area contributed by atoms with Crippen LogP contribution >= 0.6 is 0 Å². The summed E-state index contributed by atoms with van der Waals surface area (Å²) in [4.78, 5) is 20.5. The van der Waals surface area contributed by atoms with Crippen molar-refractivity contribution >= 4 is 0 Å². The van der Waals surface area contributed by atoms with E-state index in [0.717, 1.165) is 0 Å². The SMILES string of the molecule is C=CCC1=C([N+](=O)[O-])C([N+](=O)[O-])=C2OCOC2C1. The van der Waals surface area contributed by atoms with Crippen molar-refractivity contribution in [3.63, 3.8) is 0 Å². The van der Waals surface area contributed by atoms with Crippen molar-refractivity contribution in [2.45, 2.75) is 18.9 Å². The number of rotatable bonds is 4. The third-order valence-electron chi connectivity index (χ3n) is 2.76. The topological polar surface area (TPSA) is 105 Å². The van der Waals surface area contributed by atoms with Crippen LogP contribution in [-0.4, -0.2) is 22.7 Å². The molecular weight excluding hydrogens is 244 g/mol. The van der Waals surface area contributed by atoms with Gasteiger partial charge in [-0.15, -0.1) is 6.58 Å². The normalized spacial score (nSPS) is 22.6. The lowest BCUT2D eigenvalue weighted by Crippen LogP contribution is -2.25. The quantitative estimate of drug-likeness (QED) is 0.426. The molecule has 8 heteroatoms. The zero-order valence-corrected chi connectivity index (χ0v) is 9.33. The molecule has 1 heterocycles. The first-order valence-electron chi connectivity index (χ1n) is 5.17. The molecule has 96 valence electrons. The molecule has 1 fully saturated rings. The summed E-state index contributed by atoms with van der Waals surface area (Å²) in [6.45, 7) is 3.37. The van der Waals surface area contributed by atoms with E-state index in [0.29, 0.717) is 5.57 Å². The Morgan fingerprint density at radius 3 is 2.56 bits per heavy atom. The third kappa shape index (κ3) is 1.86. The van der Waals surface area contributed by atoms with Crippen LogP contribution in [-0.2, 0) is 9.47 Å². The van der Waals surface area contributed by atoms with E-state index in [9.17, 15) is 20.2 Å². The van der Waals surface area contributed by atoms with Crippen molar-refractivity contribution in [1.29, 1.82) is 0 Å². The maximum absolute atomic E-state index is 11.0. The van der Waals surface area contributed by atoms with Crippen LogP contribution in [0.2, 0.25) is 0 Å². The smallest absolute Gasteiger partial charge is 0.385 e. The lowest BCUT2D eigenvalue weighted by molar-refractivity contribution is -0.483. The molecule has 0 spiro atoms. The Bertz CT molecular complexity index is 493. The second-order valence-corrected chi connectivity index (χ2v) is 3.79.